The lowest BCUT2D eigenvalue weighted by molar-refractivity contribution is -0.0497. The van der Waals surface area contributed by atoms with Crippen LogP contribution in [0.1, 0.15) is 5.69 Å². The molecule has 3 rings (SSSR count). The molecule has 2 aromatic heterocycles. The molecule has 0 spiro atoms. The number of rotatable bonds is 6. The van der Waals surface area contributed by atoms with Crippen LogP contribution in [-0.4, -0.2) is 31.6 Å². The summed E-state index contributed by atoms with van der Waals surface area (Å²) in [4.78, 5) is 7.77. The van der Waals surface area contributed by atoms with Crippen LogP contribution in [0.3, 0.4) is 0 Å². The maximum atomic E-state index is 12.4. The molecule has 11 heteroatoms. The summed E-state index contributed by atoms with van der Waals surface area (Å²) < 4.78 is 35.9. The average Bonchev–Trinajstić information content (AvgIpc) is 3.05. The Bertz CT molecular complexity index is 861. The van der Waals surface area contributed by atoms with Crippen LogP contribution in [0.2, 0.25) is 10.2 Å². The predicted octanol–water partition coefficient (Wildman–Crippen LogP) is 3.54. The van der Waals surface area contributed by atoms with E-state index in [2.05, 4.69) is 25.0 Å². The summed E-state index contributed by atoms with van der Waals surface area (Å²) in [6.45, 7) is -2.89. The van der Waals surface area contributed by atoms with Crippen LogP contribution in [0, 0.1) is 0 Å². The minimum Gasteiger partial charge on any atom is -0.470 e. The van der Waals surface area contributed by atoms with E-state index in [1.807, 2.05) is 0 Å². The zero-order valence-corrected chi connectivity index (χ0v) is 13.8. The molecular formula is C14H9Cl2F2N5O2. The quantitative estimate of drug-likeness (QED) is 0.643. The average molecular weight is 388 g/mol. The summed E-state index contributed by atoms with van der Waals surface area (Å²) in [6, 6.07) is 4.35. The largest absolute Gasteiger partial charge is 0.470 e. The third kappa shape index (κ3) is 4.52. The number of alkyl halides is 2. The third-order valence-corrected chi connectivity index (χ3v) is 3.41. The predicted molar refractivity (Wildman–Crippen MR) is 84.4 cm³/mol. The molecule has 0 amide bonds. The fourth-order valence-corrected chi connectivity index (χ4v) is 2.09. The minimum absolute atomic E-state index is 0.0639. The lowest BCUT2D eigenvalue weighted by Crippen LogP contribution is -2.03. The standard InChI is InChI=1S/C14H9Cl2F2N5O2/c15-10-2-1-9(3-11(10)25-14(17)18)23-6-8(21-22-23)7-24-13-5-19-12(16)4-20-13/h1-6,14H,7H2. The van der Waals surface area contributed by atoms with E-state index < -0.39 is 6.61 Å². The van der Waals surface area contributed by atoms with Crippen molar-refractivity contribution in [3.8, 4) is 17.3 Å². The van der Waals surface area contributed by atoms with Crippen LogP contribution < -0.4 is 9.47 Å². The molecule has 0 bridgehead atoms. The maximum Gasteiger partial charge on any atom is 0.387 e. The molecule has 0 radical (unpaired) electrons. The lowest BCUT2D eigenvalue weighted by Gasteiger charge is -2.08. The second-order valence-electron chi connectivity index (χ2n) is 4.61. The Balaban J connectivity index is 1.71. The van der Waals surface area contributed by atoms with Crippen LogP contribution in [0.15, 0.2) is 36.8 Å². The van der Waals surface area contributed by atoms with Gasteiger partial charge in [0.25, 0.3) is 0 Å². The molecule has 0 atom stereocenters. The molecule has 3 aromatic rings. The van der Waals surface area contributed by atoms with Gasteiger partial charge in [-0.2, -0.15) is 8.78 Å². The molecular weight excluding hydrogens is 379 g/mol. The van der Waals surface area contributed by atoms with E-state index in [-0.39, 0.29) is 28.4 Å². The van der Waals surface area contributed by atoms with Gasteiger partial charge < -0.3 is 9.47 Å². The van der Waals surface area contributed by atoms with Crippen molar-refractivity contribution in [1.82, 2.24) is 25.0 Å². The van der Waals surface area contributed by atoms with Gasteiger partial charge in [-0.1, -0.05) is 28.4 Å². The Kier molecular flexibility index (Phi) is 5.25. The summed E-state index contributed by atoms with van der Waals surface area (Å²) >= 11 is 11.4. The lowest BCUT2D eigenvalue weighted by atomic mass is 10.3. The van der Waals surface area contributed by atoms with Crippen molar-refractivity contribution in [2.45, 2.75) is 13.2 Å². The van der Waals surface area contributed by atoms with Crippen molar-refractivity contribution < 1.29 is 18.3 Å². The number of hydrogen-bond donors (Lipinski definition) is 0. The van der Waals surface area contributed by atoms with Crippen molar-refractivity contribution in [2.24, 2.45) is 0 Å². The first-order valence-corrected chi connectivity index (χ1v) is 7.53. The fourth-order valence-electron chi connectivity index (χ4n) is 1.83. The van der Waals surface area contributed by atoms with Gasteiger partial charge >= 0.3 is 6.61 Å². The second-order valence-corrected chi connectivity index (χ2v) is 5.41. The van der Waals surface area contributed by atoms with Gasteiger partial charge in [0, 0.05) is 6.07 Å². The monoisotopic (exact) mass is 387 g/mol. The number of hydrogen-bond acceptors (Lipinski definition) is 6. The van der Waals surface area contributed by atoms with Crippen molar-refractivity contribution in [3.05, 3.63) is 52.7 Å². The van der Waals surface area contributed by atoms with Gasteiger partial charge in [0.2, 0.25) is 5.88 Å². The molecule has 0 N–H and O–H groups in total. The highest BCUT2D eigenvalue weighted by Crippen LogP contribution is 2.28. The van der Waals surface area contributed by atoms with Gasteiger partial charge in [0.15, 0.2) is 0 Å². The first-order chi connectivity index (χ1) is 12.0. The first kappa shape index (κ1) is 17.3. The fraction of sp³-hybridized carbons (Fsp3) is 0.143. The molecule has 0 aliphatic heterocycles. The van der Waals surface area contributed by atoms with Crippen molar-refractivity contribution in [3.63, 3.8) is 0 Å². The summed E-state index contributed by atoms with van der Waals surface area (Å²) in [7, 11) is 0. The van der Waals surface area contributed by atoms with Crippen LogP contribution in [-0.2, 0) is 6.61 Å². The van der Waals surface area contributed by atoms with Gasteiger partial charge in [0.1, 0.15) is 23.2 Å². The molecule has 0 aliphatic rings. The highest BCUT2D eigenvalue weighted by Gasteiger charge is 2.11. The zero-order chi connectivity index (χ0) is 17.8. The normalized spacial score (nSPS) is 10.9. The maximum absolute atomic E-state index is 12.4. The highest BCUT2D eigenvalue weighted by atomic mass is 35.5. The zero-order valence-electron chi connectivity index (χ0n) is 12.3. The summed E-state index contributed by atoms with van der Waals surface area (Å²) in [5.41, 5.74) is 0.938. The molecule has 130 valence electrons. The smallest absolute Gasteiger partial charge is 0.387 e. The minimum atomic E-state index is -2.98. The highest BCUT2D eigenvalue weighted by molar-refractivity contribution is 6.32. The summed E-state index contributed by atoms with van der Waals surface area (Å²) in [6.07, 6.45) is 4.30. The number of aromatic nitrogens is 5. The Morgan fingerprint density at radius 3 is 2.72 bits per heavy atom. The molecule has 25 heavy (non-hydrogen) atoms. The van der Waals surface area contributed by atoms with E-state index in [4.69, 9.17) is 27.9 Å². The van der Waals surface area contributed by atoms with Gasteiger partial charge in [-0.05, 0) is 12.1 Å². The summed E-state index contributed by atoms with van der Waals surface area (Å²) in [5, 5.41) is 8.15. The van der Waals surface area contributed by atoms with E-state index in [0.717, 1.165) is 0 Å². The molecule has 1 aromatic carbocycles. The Labute approximate surface area is 150 Å². The van der Waals surface area contributed by atoms with E-state index in [1.54, 1.807) is 12.3 Å². The molecule has 0 unspecified atom stereocenters. The third-order valence-electron chi connectivity index (χ3n) is 2.90. The molecule has 2 heterocycles. The number of halogens is 4. The molecule has 0 aliphatic carbocycles. The number of ether oxygens (including phenoxy) is 2. The molecule has 0 saturated heterocycles. The van der Waals surface area contributed by atoms with E-state index >= 15 is 0 Å². The van der Waals surface area contributed by atoms with Crippen LogP contribution in [0.5, 0.6) is 11.6 Å². The van der Waals surface area contributed by atoms with Crippen LogP contribution >= 0.6 is 23.2 Å². The van der Waals surface area contributed by atoms with E-state index in [0.29, 0.717) is 11.4 Å². The molecule has 0 saturated carbocycles. The summed E-state index contributed by atoms with van der Waals surface area (Å²) in [5.74, 6) is 0.122. The topological polar surface area (TPSA) is 75.0 Å². The van der Waals surface area contributed by atoms with Gasteiger partial charge in [0.05, 0.1) is 29.3 Å². The van der Waals surface area contributed by atoms with Crippen molar-refractivity contribution in [2.75, 3.05) is 0 Å². The number of benzene rings is 1. The van der Waals surface area contributed by atoms with E-state index in [9.17, 15) is 8.78 Å². The SMILES string of the molecule is FC(F)Oc1cc(-n2cc(COc3cnc(Cl)cn3)nn2)ccc1Cl. The molecule has 7 nitrogen and oxygen atoms in total. The van der Waals surface area contributed by atoms with E-state index in [1.165, 1.54) is 29.2 Å². The second kappa shape index (κ2) is 7.58. The van der Waals surface area contributed by atoms with Gasteiger partial charge in [-0.3, -0.25) is 0 Å². The van der Waals surface area contributed by atoms with Crippen molar-refractivity contribution >= 4 is 23.2 Å². The molecule has 0 fully saturated rings. The Hall–Kier alpha value is -2.52. The Morgan fingerprint density at radius 1 is 1.16 bits per heavy atom. The van der Waals surface area contributed by atoms with Crippen LogP contribution in [0.25, 0.3) is 5.69 Å². The van der Waals surface area contributed by atoms with Gasteiger partial charge in [-0.25, -0.2) is 14.6 Å². The Morgan fingerprint density at radius 2 is 2.00 bits per heavy atom. The van der Waals surface area contributed by atoms with Crippen molar-refractivity contribution in [1.29, 1.82) is 0 Å². The van der Waals surface area contributed by atoms with Gasteiger partial charge in [-0.15, -0.1) is 5.10 Å². The van der Waals surface area contributed by atoms with Crippen LogP contribution in [0.4, 0.5) is 8.78 Å². The number of nitrogens with zero attached hydrogens (tertiary/aromatic N) is 5. The first-order valence-electron chi connectivity index (χ1n) is 6.77.